The van der Waals surface area contributed by atoms with Crippen LogP contribution >= 0.6 is 0 Å². The molecule has 152 valence electrons. The molecular weight excluding hydrogens is 361 g/mol. The van der Waals surface area contributed by atoms with E-state index >= 15 is 0 Å². The Bertz CT molecular complexity index is 696. The first-order valence-electron chi connectivity index (χ1n) is 9.37. The minimum absolute atomic E-state index is 0.0781. The van der Waals surface area contributed by atoms with Gasteiger partial charge in [-0.25, -0.2) is 4.39 Å². The summed E-state index contributed by atoms with van der Waals surface area (Å²) >= 11 is 0. The van der Waals surface area contributed by atoms with Gasteiger partial charge in [0.1, 0.15) is 24.3 Å². The molecule has 0 radical (unpaired) electrons. The molecule has 0 bridgehead atoms. The van der Waals surface area contributed by atoms with Gasteiger partial charge >= 0.3 is 0 Å². The number of halogens is 1. The Morgan fingerprint density at radius 3 is 2.57 bits per heavy atom. The first-order chi connectivity index (χ1) is 13.7. The lowest BCUT2D eigenvalue weighted by Gasteiger charge is -2.14. The monoisotopic (exact) mass is 389 g/mol. The SMILES string of the molecule is CCNC(=NCC(O)COc1ccc(F)cc1)NCCOCc1ccccc1. The summed E-state index contributed by atoms with van der Waals surface area (Å²) in [6.45, 7) is 4.64. The second-order valence-corrected chi connectivity index (χ2v) is 6.10. The molecule has 1 atom stereocenters. The topological polar surface area (TPSA) is 75.1 Å². The molecule has 0 heterocycles. The molecule has 7 heteroatoms. The summed E-state index contributed by atoms with van der Waals surface area (Å²) in [5.41, 5.74) is 1.13. The normalized spacial score (nSPS) is 12.5. The fourth-order valence-electron chi connectivity index (χ4n) is 2.32. The van der Waals surface area contributed by atoms with Gasteiger partial charge in [0.2, 0.25) is 0 Å². The molecule has 0 aliphatic rings. The molecule has 0 saturated carbocycles. The van der Waals surface area contributed by atoms with Crippen molar-refractivity contribution in [3.63, 3.8) is 0 Å². The fraction of sp³-hybridized carbons (Fsp3) is 0.381. The highest BCUT2D eigenvalue weighted by Gasteiger charge is 2.06. The lowest BCUT2D eigenvalue weighted by molar-refractivity contribution is 0.114. The molecule has 28 heavy (non-hydrogen) atoms. The van der Waals surface area contributed by atoms with Crippen molar-refractivity contribution < 1.29 is 19.0 Å². The average Bonchev–Trinajstić information content (AvgIpc) is 2.72. The largest absolute Gasteiger partial charge is 0.491 e. The number of aliphatic hydroxyl groups excluding tert-OH is 1. The van der Waals surface area contributed by atoms with Gasteiger partial charge in [-0.1, -0.05) is 30.3 Å². The number of ether oxygens (including phenoxy) is 2. The predicted molar refractivity (Wildman–Crippen MR) is 108 cm³/mol. The van der Waals surface area contributed by atoms with E-state index in [-0.39, 0.29) is 19.0 Å². The highest BCUT2D eigenvalue weighted by atomic mass is 19.1. The van der Waals surface area contributed by atoms with Gasteiger partial charge in [0.05, 0.1) is 19.8 Å². The van der Waals surface area contributed by atoms with Crippen molar-refractivity contribution in [3.05, 3.63) is 66.0 Å². The van der Waals surface area contributed by atoms with E-state index < -0.39 is 6.10 Å². The Morgan fingerprint density at radius 2 is 1.86 bits per heavy atom. The second kappa shape index (κ2) is 12.7. The van der Waals surface area contributed by atoms with Crippen LogP contribution in [0.2, 0.25) is 0 Å². The second-order valence-electron chi connectivity index (χ2n) is 6.10. The maximum Gasteiger partial charge on any atom is 0.191 e. The van der Waals surface area contributed by atoms with E-state index in [2.05, 4.69) is 15.6 Å². The minimum Gasteiger partial charge on any atom is -0.491 e. The molecule has 6 nitrogen and oxygen atoms in total. The molecule has 0 amide bonds. The fourth-order valence-corrected chi connectivity index (χ4v) is 2.32. The number of rotatable bonds is 11. The Kier molecular flexibility index (Phi) is 9.82. The van der Waals surface area contributed by atoms with Crippen molar-refractivity contribution >= 4 is 5.96 Å². The number of benzene rings is 2. The Morgan fingerprint density at radius 1 is 1.11 bits per heavy atom. The summed E-state index contributed by atoms with van der Waals surface area (Å²) in [4.78, 5) is 4.34. The van der Waals surface area contributed by atoms with Crippen LogP contribution in [0, 0.1) is 5.82 Å². The molecule has 0 aromatic heterocycles. The maximum atomic E-state index is 12.9. The quantitative estimate of drug-likeness (QED) is 0.312. The van der Waals surface area contributed by atoms with Crippen molar-refractivity contribution in [2.45, 2.75) is 19.6 Å². The van der Waals surface area contributed by atoms with Crippen LogP contribution in [0.4, 0.5) is 4.39 Å². The van der Waals surface area contributed by atoms with Gasteiger partial charge in [-0.05, 0) is 36.8 Å². The van der Waals surface area contributed by atoms with E-state index in [0.29, 0.717) is 38.0 Å². The Balaban J connectivity index is 1.66. The molecule has 0 spiro atoms. The Hall–Kier alpha value is -2.64. The summed E-state index contributed by atoms with van der Waals surface area (Å²) in [5.74, 6) is 0.781. The number of aliphatic hydroxyl groups is 1. The third-order valence-electron chi connectivity index (χ3n) is 3.71. The average molecular weight is 389 g/mol. The molecule has 0 aliphatic heterocycles. The van der Waals surface area contributed by atoms with E-state index in [1.54, 1.807) is 0 Å². The zero-order valence-corrected chi connectivity index (χ0v) is 16.1. The standard InChI is InChI=1S/C21H28FN3O3/c1-2-23-21(24-12-13-27-15-17-6-4-3-5-7-17)25-14-19(26)16-28-20-10-8-18(22)9-11-20/h3-11,19,26H,2,12-16H2,1H3,(H2,23,24,25). The summed E-state index contributed by atoms with van der Waals surface area (Å²) in [5, 5.41) is 16.3. The first kappa shape index (κ1) is 21.7. The lowest BCUT2D eigenvalue weighted by atomic mass is 10.2. The molecule has 0 saturated heterocycles. The van der Waals surface area contributed by atoms with Crippen molar-refractivity contribution in [2.24, 2.45) is 4.99 Å². The van der Waals surface area contributed by atoms with Crippen molar-refractivity contribution in [1.82, 2.24) is 10.6 Å². The van der Waals surface area contributed by atoms with Crippen LogP contribution in [0.3, 0.4) is 0 Å². The van der Waals surface area contributed by atoms with E-state index in [9.17, 15) is 9.50 Å². The molecule has 0 aliphatic carbocycles. The summed E-state index contributed by atoms with van der Waals surface area (Å²) in [6, 6.07) is 15.7. The van der Waals surface area contributed by atoms with Crippen LogP contribution in [0.25, 0.3) is 0 Å². The molecule has 2 aromatic rings. The highest BCUT2D eigenvalue weighted by molar-refractivity contribution is 5.79. The van der Waals surface area contributed by atoms with E-state index in [0.717, 1.165) is 5.56 Å². The number of hydrogen-bond donors (Lipinski definition) is 3. The van der Waals surface area contributed by atoms with Gasteiger partial charge in [-0.3, -0.25) is 4.99 Å². The van der Waals surface area contributed by atoms with Crippen LogP contribution in [0.1, 0.15) is 12.5 Å². The molecule has 2 rings (SSSR count). The number of hydrogen-bond acceptors (Lipinski definition) is 4. The zero-order valence-electron chi connectivity index (χ0n) is 16.1. The van der Waals surface area contributed by atoms with Crippen LogP contribution in [-0.2, 0) is 11.3 Å². The highest BCUT2D eigenvalue weighted by Crippen LogP contribution is 2.11. The van der Waals surface area contributed by atoms with Gasteiger partial charge in [-0.2, -0.15) is 0 Å². The molecule has 0 fully saturated rings. The number of nitrogens with zero attached hydrogens (tertiary/aromatic N) is 1. The number of guanidine groups is 1. The first-order valence-corrected chi connectivity index (χ1v) is 9.37. The van der Waals surface area contributed by atoms with Gasteiger partial charge in [0.15, 0.2) is 5.96 Å². The third kappa shape index (κ3) is 8.83. The van der Waals surface area contributed by atoms with Crippen molar-refractivity contribution in [3.8, 4) is 5.75 Å². The van der Waals surface area contributed by atoms with Crippen LogP contribution < -0.4 is 15.4 Å². The van der Waals surface area contributed by atoms with E-state index in [1.165, 1.54) is 24.3 Å². The lowest BCUT2D eigenvalue weighted by Crippen LogP contribution is -2.39. The summed E-state index contributed by atoms with van der Waals surface area (Å²) in [7, 11) is 0. The molecule has 3 N–H and O–H groups in total. The number of nitrogens with one attached hydrogen (secondary N) is 2. The van der Waals surface area contributed by atoms with Gasteiger partial charge in [0, 0.05) is 13.1 Å². The molecular formula is C21H28FN3O3. The molecule has 2 aromatic carbocycles. The van der Waals surface area contributed by atoms with E-state index in [4.69, 9.17) is 9.47 Å². The Labute approximate surface area is 165 Å². The maximum absolute atomic E-state index is 12.9. The summed E-state index contributed by atoms with van der Waals surface area (Å²) in [6.07, 6.45) is -0.769. The van der Waals surface area contributed by atoms with Gasteiger partial charge in [-0.15, -0.1) is 0 Å². The van der Waals surface area contributed by atoms with Gasteiger partial charge in [0.25, 0.3) is 0 Å². The smallest absolute Gasteiger partial charge is 0.191 e. The predicted octanol–water partition coefficient (Wildman–Crippen LogP) is 2.34. The van der Waals surface area contributed by atoms with Crippen LogP contribution in [-0.4, -0.2) is 50.0 Å². The van der Waals surface area contributed by atoms with Gasteiger partial charge < -0.3 is 25.2 Å². The summed E-state index contributed by atoms with van der Waals surface area (Å²) < 4.78 is 23.9. The number of aliphatic imine (C=N–C) groups is 1. The zero-order chi connectivity index (χ0) is 20.0. The molecule has 1 unspecified atom stereocenters. The van der Waals surface area contributed by atoms with Crippen LogP contribution in [0.5, 0.6) is 5.75 Å². The van der Waals surface area contributed by atoms with Crippen LogP contribution in [0.15, 0.2) is 59.6 Å². The third-order valence-corrected chi connectivity index (χ3v) is 3.71. The van der Waals surface area contributed by atoms with Crippen molar-refractivity contribution in [2.75, 3.05) is 32.8 Å². The van der Waals surface area contributed by atoms with E-state index in [1.807, 2.05) is 37.3 Å². The minimum atomic E-state index is -0.769. The van der Waals surface area contributed by atoms with Crippen molar-refractivity contribution in [1.29, 1.82) is 0 Å².